The maximum absolute atomic E-state index is 14.4. The number of carbonyl (C=O) groups excluding carboxylic acids is 1. The number of halogens is 1. The van der Waals surface area contributed by atoms with Crippen LogP contribution in [0.4, 0.5) is 16.0 Å². The van der Waals surface area contributed by atoms with Crippen molar-refractivity contribution in [3.8, 4) is 0 Å². The number of hydrogen-bond donors (Lipinski definition) is 3. The van der Waals surface area contributed by atoms with Gasteiger partial charge >= 0.3 is 0 Å². The molecule has 2 aromatic heterocycles. The number of likely N-dealkylation sites (N-methyl/N-ethyl adjacent to an activating group) is 1. The lowest BCUT2D eigenvalue weighted by molar-refractivity contribution is 0.102. The highest BCUT2D eigenvalue weighted by molar-refractivity contribution is 8.26. The number of aromatic nitrogens is 2. The minimum Gasteiger partial charge on any atom is -0.354 e. The molecule has 0 saturated carbocycles. The Morgan fingerprint density at radius 3 is 2.58 bits per heavy atom. The molecule has 3 N–H and O–H groups in total. The summed E-state index contributed by atoms with van der Waals surface area (Å²) in [4.78, 5) is 25.9. The maximum atomic E-state index is 14.4. The highest BCUT2D eigenvalue weighted by atomic mass is 32.2. The van der Waals surface area contributed by atoms with Gasteiger partial charge in [0, 0.05) is 55.1 Å². The largest absolute Gasteiger partial charge is 0.354 e. The number of thioether (sulfide) groups is 1. The van der Waals surface area contributed by atoms with Crippen LogP contribution in [-0.4, -0.2) is 64.1 Å². The lowest BCUT2D eigenvalue weighted by atomic mass is 10.1. The lowest BCUT2D eigenvalue weighted by Crippen LogP contribution is -2.44. The Morgan fingerprint density at radius 2 is 1.85 bits per heavy atom. The third kappa shape index (κ3) is 5.35. The number of pyridine rings is 2. The normalized spacial score (nSPS) is 14.3. The maximum Gasteiger partial charge on any atom is 0.257 e. The van der Waals surface area contributed by atoms with Gasteiger partial charge in [0.1, 0.15) is 22.5 Å². The zero-order chi connectivity index (χ0) is 23.5. The SMILES string of the molecule is CC(=N)SC(=N)c1cc2cc(NC(=O)c3ccnc(N4CCN(C)CC4)c3)ncc2cc1F. The molecule has 0 spiro atoms. The van der Waals surface area contributed by atoms with Crippen molar-refractivity contribution in [2.75, 3.05) is 43.4 Å². The van der Waals surface area contributed by atoms with Crippen LogP contribution in [0.2, 0.25) is 0 Å². The van der Waals surface area contributed by atoms with E-state index in [9.17, 15) is 9.18 Å². The average Bonchev–Trinajstić information content (AvgIpc) is 2.79. The first kappa shape index (κ1) is 22.8. The summed E-state index contributed by atoms with van der Waals surface area (Å²) in [7, 11) is 2.08. The van der Waals surface area contributed by atoms with Crippen molar-refractivity contribution < 1.29 is 9.18 Å². The van der Waals surface area contributed by atoms with Crippen molar-refractivity contribution in [2.45, 2.75) is 6.92 Å². The molecule has 3 heterocycles. The van der Waals surface area contributed by atoms with Crippen LogP contribution < -0.4 is 10.2 Å². The Morgan fingerprint density at radius 1 is 1.09 bits per heavy atom. The number of anilines is 2. The third-order valence-electron chi connectivity index (χ3n) is 5.38. The first-order valence-corrected chi connectivity index (χ1v) is 11.2. The number of piperazine rings is 1. The second-order valence-electron chi connectivity index (χ2n) is 7.88. The molecule has 10 heteroatoms. The molecule has 0 radical (unpaired) electrons. The Hall–Kier alpha value is -3.37. The summed E-state index contributed by atoms with van der Waals surface area (Å²) in [5.74, 6) is 0.225. The van der Waals surface area contributed by atoms with Gasteiger partial charge < -0.3 is 15.1 Å². The topological polar surface area (TPSA) is 109 Å². The Bertz CT molecular complexity index is 1240. The van der Waals surface area contributed by atoms with Gasteiger partial charge in [-0.1, -0.05) is 11.8 Å². The highest BCUT2D eigenvalue weighted by Gasteiger charge is 2.17. The molecule has 0 bridgehead atoms. The summed E-state index contributed by atoms with van der Waals surface area (Å²) in [5.41, 5.74) is 0.578. The molecule has 4 rings (SSSR count). The summed E-state index contributed by atoms with van der Waals surface area (Å²) in [5, 5.41) is 19.7. The van der Waals surface area contributed by atoms with E-state index in [1.807, 2.05) is 0 Å². The van der Waals surface area contributed by atoms with E-state index < -0.39 is 5.82 Å². The number of amides is 1. The second-order valence-corrected chi connectivity index (χ2v) is 9.11. The van der Waals surface area contributed by atoms with E-state index in [2.05, 4.69) is 32.1 Å². The van der Waals surface area contributed by atoms with Crippen LogP contribution in [0.3, 0.4) is 0 Å². The van der Waals surface area contributed by atoms with Gasteiger partial charge in [-0.15, -0.1) is 0 Å². The number of nitrogens with zero attached hydrogens (tertiary/aromatic N) is 4. The first-order chi connectivity index (χ1) is 15.8. The predicted octanol–water partition coefficient (Wildman–Crippen LogP) is 3.83. The van der Waals surface area contributed by atoms with Crippen LogP contribution in [0.25, 0.3) is 10.8 Å². The van der Waals surface area contributed by atoms with E-state index in [-0.39, 0.29) is 21.6 Å². The van der Waals surface area contributed by atoms with E-state index in [1.165, 1.54) is 18.3 Å². The third-order valence-corrected chi connectivity index (χ3v) is 6.11. The van der Waals surface area contributed by atoms with Crippen LogP contribution in [0.1, 0.15) is 22.8 Å². The van der Waals surface area contributed by atoms with Crippen molar-refractivity contribution in [3.05, 3.63) is 59.7 Å². The summed E-state index contributed by atoms with van der Waals surface area (Å²) < 4.78 is 14.4. The van der Waals surface area contributed by atoms with Crippen molar-refractivity contribution in [1.29, 1.82) is 10.8 Å². The minimum absolute atomic E-state index is 0.0440. The fraction of sp³-hybridized carbons (Fsp3) is 0.261. The van der Waals surface area contributed by atoms with Gasteiger partial charge in [-0.05, 0) is 49.7 Å². The van der Waals surface area contributed by atoms with Gasteiger partial charge in [0.2, 0.25) is 0 Å². The number of hydrogen-bond acceptors (Lipinski definition) is 8. The minimum atomic E-state index is -0.548. The van der Waals surface area contributed by atoms with Crippen LogP contribution in [-0.2, 0) is 0 Å². The molecule has 170 valence electrons. The van der Waals surface area contributed by atoms with Crippen molar-refractivity contribution in [3.63, 3.8) is 0 Å². The van der Waals surface area contributed by atoms with Crippen LogP contribution >= 0.6 is 11.8 Å². The van der Waals surface area contributed by atoms with Crippen molar-refractivity contribution in [2.24, 2.45) is 0 Å². The molecular weight excluding hydrogens is 441 g/mol. The molecule has 1 saturated heterocycles. The molecule has 0 atom stereocenters. The van der Waals surface area contributed by atoms with Crippen molar-refractivity contribution in [1.82, 2.24) is 14.9 Å². The van der Waals surface area contributed by atoms with Crippen LogP contribution in [0.15, 0.2) is 42.7 Å². The monoisotopic (exact) mass is 465 g/mol. The Balaban J connectivity index is 1.54. The lowest BCUT2D eigenvalue weighted by Gasteiger charge is -2.33. The quantitative estimate of drug-likeness (QED) is 0.399. The van der Waals surface area contributed by atoms with Crippen LogP contribution in [0, 0.1) is 16.6 Å². The average molecular weight is 466 g/mol. The van der Waals surface area contributed by atoms with Gasteiger partial charge in [0.15, 0.2) is 0 Å². The summed E-state index contributed by atoms with van der Waals surface area (Å²) in [6.45, 7) is 5.13. The van der Waals surface area contributed by atoms with Gasteiger partial charge in [0.25, 0.3) is 5.91 Å². The molecule has 3 aromatic rings. The van der Waals surface area contributed by atoms with Crippen molar-refractivity contribution >= 4 is 50.2 Å². The number of benzene rings is 1. The molecule has 1 aromatic carbocycles. The van der Waals surface area contributed by atoms with E-state index >= 15 is 0 Å². The van der Waals surface area contributed by atoms with Gasteiger partial charge in [-0.25, -0.2) is 14.4 Å². The molecule has 33 heavy (non-hydrogen) atoms. The first-order valence-electron chi connectivity index (χ1n) is 10.4. The molecule has 1 amide bonds. The second kappa shape index (κ2) is 9.63. The van der Waals surface area contributed by atoms with Crippen LogP contribution in [0.5, 0.6) is 0 Å². The number of rotatable bonds is 4. The fourth-order valence-electron chi connectivity index (χ4n) is 3.57. The van der Waals surface area contributed by atoms with E-state index in [4.69, 9.17) is 10.8 Å². The molecule has 1 fully saturated rings. The molecule has 8 nitrogen and oxygen atoms in total. The fourth-order valence-corrected chi connectivity index (χ4v) is 4.15. The molecule has 1 aliphatic rings. The predicted molar refractivity (Wildman–Crippen MR) is 131 cm³/mol. The standard InChI is InChI=1S/C23H24FN7OS/c1-14(25)33-22(26)18-9-16-11-20(28-13-17(16)10-19(18)24)29-23(32)15-3-4-27-21(12-15)31-7-5-30(2)6-8-31/h3-4,9-13,25-26H,5-8H2,1-2H3,(H,28,29,32). The highest BCUT2D eigenvalue weighted by Crippen LogP contribution is 2.25. The van der Waals surface area contributed by atoms with E-state index in [1.54, 1.807) is 31.3 Å². The number of carbonyl (C=O) groups is 1. The number of fused-ring (bicyclic) bond motifs is 1. The zero-order valence-corrected chi connectivity index (χ0v) is 19.2. The van der Waals surface area contributed by atoms with Gasteiger partial charge in [0.05, 0.1) is 5.04 Å². The summed E-state index contributed by atoms with van der Waals surface area (Å²) in [6.07, 6.45) is 3.11. The zero-order valence-electron chi connectivity index (χ0n) is 18.4. The smallest absolute Gasteiger partial charge is 0.257 e. The summed E-state index contributed by atoms with van der Waals surface area (Å²) >= 11 is 0.884. The molecule has 1 aliphatic heterocycles. The van der Waals surface area contributed by atoms with E-state index in [0.717, 1.165) is 43.8 Å². The van der Waals surface area contributed by atoms with Gasteiger partial charge in [-0.2, -0.15) is 0 Å². The molecular formula is C23H24FN7OS. The number of nitrogens with one attached hydrogen (secondary N) is 3. The summed E-state index contributed by atoms with van der Waals surface area (Å²) in [6, 6.07) is 7.92. The Kier molecular flexibility index (Phi) is 6.66. The molecule has 0 aliphatic carbocycles. The van der Waals surface area contributed by atoms with E-state index in [0.29, 0.717) is 22.2 Å². The Labute approximate surface area is 195 Å². The van der Waals surface area contributed by atoms with Gasteiger partial charge in [-0.3, -0.25) is 15.6 Å². The molecule has 0 unspecified atom stereocenters.